The highest BCUT2D eigenvalue weighted by molar-refractivity contribution is 5.70. The van der Waals surface area contributed by atoms with Crippen LogP contribution in [0, 0.1) is 0 Å². The summed E-state index contributed by atoms with van der Waals surface area (Å²) in [6, 6.07) is 0. The molecule has 0 saturated heterocycles. The number of methoxy groups -OCH3 is 2. The van der Waals surface area contributed by atoms with E-state index in [-0.39, 0.29) is 18.5 Å². The van der Waals surface area contributed by atoms with Crippen molar-refractivity contribution in [1.29, 1.82) is 0 Å². The number of carbonyl (C=O) groups is 2. The van der Waals surface area contributed by atoms with Crippen LogP contribution in [0.15, 0.2) is 0 Å². The van der Waals surface area contributed by atoms with Gasteiger partial charge in [-0.1, -0.05) is 142 Å². The molecule has 0 aliphatic rings. The van der Waals surface area contributed by atoms with Crippen LogP contribution in [0.25, 0.3) is 0 Å². The van der Waals surface area contributed by atoms with E-state index in [1.807, 2.05) is 0 Å². The van der Waals surface area contributed by atoms with E-state index in [1.165, 1.54) is 116 Å². The van der Waals surface area contributed by atoms with Crippen LogP contribution in [0.1, 0.15) is 168 Å². The largest absolute Gasteiger partial charge is 0.461 e. The molecular weight excluding hydrogens is 566 g/mol. The topological polar surface area (TPSA) is 71.1 Å². The van der Waals surface area contributed by atoms with Crippen LogP contribution in [0.2, 0.25) is 0 Å². The molecule has 0 saturated carbocycles. The number of esters is 2. The molecule has 0 aliphatic carbocycles. The summed E-state index contributed by atoms with van der Waals surface area (Å²) in [5.74, 6) is -0.386. The van der Waals surface area contributed by atoms with E-state index < -0.39 is 6.10 Å². The summed E-state index contributed by atoms with van der Waals surface area (Å²) in [5.41, 5.74) is 0. The lowest BCUT2D eigenvalue weighted by Crippen LogP contribution is -2.54. The molecule has 1 atom stereocenters. The summed E-state index contributed by atoms with van der Waals surface area (Å²) in [7, 11) is 5.51. The molecule has 7 nitrogen and oxygen atoms in total. The van der Waals surface area contributed by atoms with E-state index in [4.69, 9.17) is 18.9 Å². The van der Waals surface area contributed by atoms with Crippen molar-refractivity contribution >= 4 is 11.9 Å². The number of hydrogen-bond donors (Lipinski definition) is 0. The molecule has 0 amide bonds. The van der Waals surface area contributed by atoms with E-state index >= 15 is 0 Å². The Morgan fingerprint density at radius 3 is 1.27 bits per heavy atom. The van der Waals surface area contributed by atoms with Gasteiger partial charge in [-0.2, -0.15) is 0 Å². The quantitative estimate of drug-likeness (QED) is 0.0390. The molecule has 0 radical (unpaired) electrons. The third-order valence-corrected chi connectivity index (χ3v) is 9.01. The molecule has 0 aromatic heterocycles. The molecule has 0 rings (SSSR count). The normalized spacial score (nSPS) is 12.4. The maximum atomic E-state index is 12.8. The summed E-state index contributed by atoms with van der Waals surface area (Å²) in [5, 5.41) is 0. The van der Waals surface area contributed by atoms with Crippen molar-refractivity contribution in [2.24, 2.45) is 0 Å². The number of nitrogens with zero attached hydrogens (tertiary/aromatic N) is 1. The Bertz CT molecular complexity index is 650. The number of carbonyl (C=O) groups excluding carboxylic acids is 2. The standard InChI is InChI=1S/C38H76NO6/c1-6-8-10-12-14-16-18-20-22-24-26-28-37(40)44-35-36(34-39(3,30-32-42-4)31-33-43-5)45-38(41)29-27-25-23-21-19-17-15-13-11-9-7-2/h36H,6-35H2,1-5H3/q+1. The van der Waals surface area contributed by atoms with Crippen molar-refractivity contribution in [2.45, 2.75) is 174 Å². The van der Waals surface area contributed by atoms with Crippen LogP contribution in [-0.4, -0.2) is 83.2 Å². The lowest BCUT2D eigenvalue weighted by atomic mass is 10.1. The molecule has 0 aliphatic heterocycles. The van der Waals surface area contributed by atoms with Gasteiger partial charge in [-0.25, -0.2) is 0 Å². The van der Waals surface area contributed by atoms with Crippen LogP contribution in [0.5, 0.6) is 0 Å². The highest BCUT2D eigenvalue weighted by Gasteiger charge is 2.30. The van der Waals surface area contributed by atoms with Gasteiger partial charge >= 0.3 is 11.9 Å². The maximum Gasteiger partial charge on any atom is 0.306 e. The monoisotopic (exact) mass is 643 g/mol. The van der Waals surface area contributed by atoms with E-state index in [1.54, 1.807) is 14.2 Å². The molecular formula is C38H76NO6+. The minimum Gasteiger partial charge on any atom is -0.461 e. The van der Waals surface area contributed by atoms with Gasteiger partial charge in [0.1, 0.15) is 26.2 Å². The molecule has 0 aromatic carbocycles. The second kappa shape index (κ2) is 32.7. The Labute approximate surface area is 279 Å². The first-order valence-electron chi connectivity index (χ1n) is 19.1. The molecule has 7 heteroatoms. The molecule has 1 unspecified atom stereocenters. The van der Waals surface area contributed by atoms with E-state index in [0.717, 1.165) is 38.8 Å². The molecule has 268 valence electrons. The van der Waals surface area contributed by atoms with Crippen molar-refractivity contribution in [2.75, 3.05) is 60.7 Å². The van der Waals surface area contributed by atoms with Gasteiger partial charge in [-0.05, 0) is 12.8 Å². The average molecular weight is 643 g/mol. The molecule has 0 N–H and O–H groups in total. The first-order valence-corrected chi connectivity index (χ1v) is 19.1. The highest BCUT2D eigenvalue weighted by atomic mass is 16.6. The Morgan fingerprint density at radius 2 is 0.889 bits per heavy atom. The summed E-state index contributed by atoms with van der Waals surface area (Å²) < 4.78 is 23.0. The van der Waals surface area contributed by atoms with Crippen molar-refractivity contribution in [3.05, 3.63) is 0 Å². The minimum absolute atomic E-state index is 0.106. The number of rotatable bonds is 35. The first kappa shape index (κ1) is 43.8. The molecule has 0 bridgehead atoms. The zero-order chi connectivity index (χ0) is 33.3. The molecule has 0 aromatic rings. The summed E-state index contributed by atoms with van der Waals surface area (Å²) in [6.45, 7) is 7.90. The fourth-order valence-electron chi connectivity index (χ4n) is 5.90. The summed E-state index contributed by atoms with van der Waals surface area (Å²) in [4.78, 5) is 25.4. The highest BCUT2D eigenvalue weighted by Crippen LogP contribution is 2.15. The van der Waals surface area contributed by atoms with Gasteiger partial charge in [0.25, 0.3) is 0 Å². The van der Waals surface area contributed by atoms with Crippen molar-refractivity contribution < 1.29 is 33.0 Å². The Morgan fingerprint density at radius 1 is 0.533 bits per heavy atom. The fourth-order valence-corrected chi connectivity index (χ4v) is 5.90. The van der Waals surface area contributed by atoms with Gasteiger partial charge in [0.15, 0.2) is 6.10 Å². The zero-order valence-corrected chi connectivity index (χ0v) is 30.7. The molecule has 45 heavy (non-hydrogen) atoms. The number of likely N-dealkylation sites (N-methyl/N-ethyl adjacent to an activating group) is 1. The Kier molecular flexibility index (Phi) is 31.9. The van der Waals surface area contributed by atoms with Crippen LogP contribution in [0.4, 0.5) is 0 Å². The summed E-state index contributed by atoms with van der Waals surface area (Å²) >= 11 is 0. The second-order valence-electron chi connectivity index (χ2n) is 13.6. The van der Waals surface area contributed by atoms with Gasteiger partial charge < -0.3 is 23.4 Å². The maximum absolute atomic E-state index is 12.8. The first-order chi connectivity index (χ1) is 21.9. The second-order valence-corrected chi connectivity index (χ2v) is 13.6. The molecule has 0 heterocycles. The van der Waals surface area contributed by atoms with Gasteiger partial charge in [0.2, 0.25) is 0 Å². The van der Waals surface area contributed by atoms with Gasteiger partial charge in [-0.3, -0.25) is 9.59 Å². The minimum atomic E-state index is -0.481. The summed E-state index contributed by atoms with van der Waals surface area (Å²) in [6.07, 6.45) is 27.8. The third-order valence-electron chi connectivity index (χ3n) is 9.01. The zero-order valence-electron chi connectivity index (χ0n) is 30.7. The predicted octanol–water partition coefficient (Wildman–Crippen LogP) is 9.58. The lowest BCUT2D eigenvalue weighted by Gasteiger charge is -2.36. The number of unbranched alkanes of at least 4 members (excludes halogenated alkanes) is 20. The fraction of sp³-hybridized carbons (Fsp3) is 0.947. The van der Waals surface area contributed by atoms with Crippen LogP contribution < -0.4 is 0 Å². The van der Waals surface area contributed by atoms with Gasteiger partial charge in [-0.15, -0.1) is 0 Å². The molecule has 0 fully saturated rings. The van der Waals surface area contributed by atoms with Gasteiger partial charge in [0.05, 0.1) is 20.3 Å². The van der Waals surface area contributed by atoms with Crippen LogP contribution in [-0.2, 0) is 28.5 Å². The van der Waals surface area contributed by atoms with Crippen molar-refractivity contribution in [3.8, 4) is 0 Å². The van der Waals surface area contributed by atoms with E-state index in [0.29, 0.717) is 37.1 Å². The van der Waals surface area contributed by atoms with E-state index in [9.17, 15) is 9.59 Å². The van der Waals surface area contributed by atoms with Crippen LogP contribution >= 0.6 is 0 Å². The number of hydrogen-bond acceptors (Lipinski definition) is 6. The van der Waals surface area contributed by atoms with E-state index in [2.05, 4.69) is 20.9 Å². The van der Waals surface area contributed by atoms with Crippen molar-refractivity contribution in [3.63, 3.8) is 0 Å². The Hall–Kier alpha value is -1.18. The third kappa shape index (κ3) is 29.9. The molecule has 0 spiro atoms. The van der Waals surface area contributed by atoms with Crippen LogP contribution in [0.3, 0.4) is 0 Å². The predicted molar refractivity (Wildman–Crippen MR) is 188 cm³/mol. The van der Waals surface area contributed by atoms with Gasteiger partial charge in [0, 0.05) is 27.1 Å². The number of quaternary nitrogens is 1. The Balaban J connectivity index is 4.52. The number of ether oxygens (including phenoxy) is 4. The SMILES string of the molecule is CCCCCCCCCCCCCC(=O)OCC(C[N+](C)(CCOC)CCOC)OC(=O)CCCCCCCCCCCCC. The lowest BCUT2D eigenvalue weighted by molar-refractivity contribution is -0.912. The van der Waals surface area contributed by atoms with Crippen molar-refractivity contribution in [1.82, 2.24) is 0 Å². The average Bonchev–Trinajstić information content (AvgIpc) is 3.03. The smallest absolute Gasteiger partial charge is 0.306 e.